The molecule has 4 atom stereocenters. The van der Waals surface area contributed by atoms with Crippen LogP contribution in [0.25, 0.3) is 0 Å². The van der Waals surface area contributed by atoms with E-state index >= 15 is 0 Å². The van der Waals surface area contributed by atoms with Crippen LogP contribution in [0.2, 0.25) is 0 Å². The van der Waals surface area contributed by atoms with Crippen molar-refractivity contribution in [3.8, 4) is 0 Å². The second kappa shape index (κ2) is 2.09. The van der Waals surface area contributed by atoms with Gasteiger partial charge in [-0.25, -0.2) is 0 Å². The number of rotatable bonds is 1. The Hall–Kier alpha value is -0.330. The van der Waals surface area contributed by atoms with E-state index in [4.69, 9.17) is 0 Å². The van der Waals surface area contributed by atoms with Crippen LogP contribution in [0.1, 0.15) is 33.1 Å². The summed E-state index contributed by atoms with van der Waals surface area (Å²) in [6, 6.07) is 0. The minimum absolute atomic E-state index is 0.367. The van der Waals surface area contributed by atoms with Crippen molar-refractivity contribution in [2.24, 2.45) is 23.2 Å². The molecule has 2 aliphatic rings. The third-order valence-corrected chi connectivity index (χ3v) is 4.37. The van der Waals surface area contributed by atoms with E-state index in [2.05, 4.69) is 13.8 Å². The van der Waals surface area contributed by atoms with Crippen LogP contribution >= 0.6 is 0 Å². The molecule has 0 N–H and O–H groups in total. The summed E-state index contributed by atoms with van der Waals surface area (Å²) in [6.07, 6.45) is 5.00. The quantitative estimate of drug-likeness (QED) is 0.527. The van der Waals surface area contributed by atoms with Crippen molar-refractivity contribution in [1.82, 2.24) is 0 Å². The number of aldehydes is 1. The van der Waals surface area contributed by atoms with E-state index in [1.54, 1.807) is 0 Å². The zero-order chi connectivity index (χ0) is 8.06. The zero-order valence-electron chi connectivity index (χ0n) is 7.34. The van der Waals surface area contributed by atoms with Gasteiger partial charge in [0.05, 0.1) is 0 Å². The molecule has 0 spiro atoms. The Morgan fingerprint density at radius 1 is 1.55 bits per heavy atom. The van der Waals surface area contributed by atoms with Crippen molar-refractivity contribution in [2.45, 2.75) is 33.1 Å². The Kier molecular flexibility index (Phi) is 1.39. The van der Waals surface area contributed by atoms with Gasteiger partial charge >= 0.3 is 0 Å². The maximum Gasteiger partial charge on any atom is 0.123 e. The Labute approximate surface area is 68.2 Å². The van der Waals surface area contributed by atoms with Crippen LogP contribution in [-0.2, 0) is 4.79 Å². The van der Waals surface area contributed by atoms with Crippen LogP contribution in [0.4, 0.5) is 0 Å². The van der Waals surface area contributed by atoms with E-state index in [1.807, 2.05) is 0 Å². The molecule has 0 radical (unpaired) electrons. The first-order valence-electron chi connectivity index (χ1n) is 4.64. The number of fused-ring (bicyclic) bond motifs is 2. The average Bonchev–Trinajstić information content (AvgIpc) is 2.40. The SMILES string of the molecule is C[C@@H]1[C@H]2CC[C@]1(C)[C@H](C=O)C2. The minimum Gasteiger partial charge on any atom is -0.303 e. The van der Waals surface area contributed by atoms with Gasteiger partial charge in [-0.3, -0.25) is 0 Å². The minimum atomic E-state index is 0.367. The van der Waals surface area contributed by atoms with Crippen molar-refractivity contribution in [3.05, 3.63) is 0 Å². The van der Waals surface area contributed by atoms with Gasteiger partial charge < -0.3 is 4.79 Å². The first-order valence-corrected chi connectivity index (χ1v) is 4.64. The van der Waals surface area contributed by atoms with Crippen LogP contribution in [0.3, 0.4) is 0 Å². The lowest BCUT2D eigenvalue weighted by Gasteiger charge is -2.29. The Morgan fingerprint density at radius 2 is 2.27 bits per heavy atom. The van der Waals surface area contributed by atoms with Crippen molar-refractivity contribution in [1.29, 1.82) is 0 Å². The van der Waals surface area contributed by atoms with Gasteiger partial charge in [-0.05, 0) is 36.5 Å². The molecule has 2 fully saturated rings. The van der Waals surface area contributed by atoms with Crippen LogP contribution in [-0.4, -0.2) is 6.29 Å². The van der Waals surface area contributed by atoms with Gasteiger partial charge in [-0.15, -0.1) is 0 Å². The first kappa shape index (κ1) is 7.33. The van der Waals surface area contributed by atoms with Gasteiger partial charge in [0.1, 0.15) is 6.29 Å². The number of hydrogen-bond donors (Lipinski definition) is 0. The lowest BCUT2D eigenvalue weighted by atomic mass is 9.75. The van der Waals surface area contributed by atoms with Gasteiger partial charge in [0.2, 0.25) is 0 Å². The van der Waals surface area contributed by atoms with E-state index in [9.17, 15) is 4.79 Å². The molecule has 0 aromatic rings. The molecule has 0 heterocycles. The molecule has 2 bridgehead atoms. The number of hydrogen-bond acceptors (Lipinski definition) is 1. The van der Waals surface area contributed by atoms with Crippen molar-refractivity contribution in [2.75, 3.05) is 0 Å². The van der Waals surface area contributed by atoms with Gasteiger partial charge in [-0.2, -0.15) is 0 Å². The third-order valence-electron chi connectivity index (χ3n) is 4.37. The zero-order valence-corrected chi connectivity index (χ0v) is 7.34. The summed E-state index contributed by atoms with van der Waals surface area (Å²) in [7, 11) is 0. The fourth-order valence-electron chi connectivity index (χ4n) is 3.16. The maximum absolute atomic E-state index is 10.7. The fraction of sp³-hybridized carbons (Fsp3) is 0.900. The number of carbonyl (C=O) groups excluding carboxylic acids is 1. The summed E-state index contributed by atoms with van der Waals surface area (Å²) >= 11 is 0. The first-order chi connectivity index (χ1) is 5.18. The highest BCUT2D eigenvalue weighted by Gasteiger charge is 2.53. The van der Waals surface area contributed by atoms with Crippen molar-refractivity contribution >= 4 is 6.29 Å². The fourth-order valence-corrected chi connectivity index (χ4v) is 3.16. The Bertz CT molecular complexity index is 187. The molecule has 11 heavy (non-hydrogen) atoms. The van der Waals surface area contributed by atoms with Gasteiger partial charge in [0, 0.05) is 5.92 Å². The largest absolute Gasteiger partial charge is 0.303 e. The molecule has 2 rings (SSSR count). The van der Waals surface area contributed by atoms with Crippen LogP contribution in [0.15, 0.2) is 0 Å². The molecule has 1 nitrogen and oxygen atoms in total. The molecular weight excluding hydrogens is 136 g/mol. The lowest BCUT2D eigenvalue weighted by Crippen LogP contribution is -2.25. The van der Waals surface area contributed by atoms with Crippen molar-refractivity contribution in [3.63, 3.8) is 0 Å². The predicted octanol–water partition coefficient (Wildman–Crippen LogP) is 2.26. The molecule has 0 amide bonds. The maximum atomic E-state index is 10.7. The van der Waals surface area contributed by atoms with E-state index in [-0.39, 0.29) is 0 Å². The predicted molar refractivity (Wildman–Crippen MR) is 44.2 cm³/mol. The van der Waals surface area contributed by atoms with E-state index in [1.165, 1.54) is 25.5 Å². The molecule has 1 heteroatoms. The number of carbonyl (C=O) groups is 1. The summed E-state index contributed by atoms with van der Waals surface area (Å²) in [4.78, 5) is 10.7. The molecule has 2 saturated carbocycles. The molecule has 62 valence electrons. The standard InChI is InChI=1S/C10H16O/c1-7-8-3-4-10(7,2)9(5-8)6-11/h6-9H,3-5H2,1-2H3/t7-,8+,9+,10+/m1/s1. The smallest absolute Gasteiger partial charge is 0.123 e. The van der Waals surface area contributed by atoms with E-state index in [0.29, 0.717) is 11.3 Å². The normalized spacial score (nSPS) is 54.9. The highest BCUT2D eigenvalue weighted by atomic mass is 16.1. The van der Waals surface area contributed by atoms with E-state index < -0.39 is 0 Å². The summed E-state index contributed by atoms with van der Waals surface area (Å²) in [5, 5.41) is 0. The molecule has 0 aromatic carbocycles. The van der Waals surface area contributed by atoms with Gasteiger partial charge in [-0.1, -0.05) is 13.8 Å². The monoisotopic (exact) mass is 152 g/mol. The Morgan fingerprint density at radius 3 is 2.55 bits per heavy atom. The summed E-state index contributed by atoms with van der Waals surface area (Å²) in [6.45, 7) is 4.62. The molecular formula is C10H16O. The lowest BCUT2D eigenvalue weighted by molar-refractivity contribution is -0.114. The summed E-state index contributed by atoms with van der Waals surface area (Å²) in [5.41, 5.74) is 0.367. The molecule has 0 aromatic heterocycles. The summed E-state index contributed by atoms with van der Waals surface area (Å²) in [5.74, 6) is 2.02. The van der Waals surface area contributed by atoms with Crippen molar-refractivity contribution < 1.29 is 4.79 Å². The second-order valence-corrected chi connectivity index (χ2v) is 4.57. The van der Waals surface area contributed by atoms with Crippen LogP contribution in [0.5, 0.6) is 0 Å². The second-order valence-electron chi connectivity index (χ2n) is 4.57. The molecule has 0 saturated heterocycles. The molecule has 0 unspecified atom stereocenters. The topological polar surface area (TPSA) is 17.1 Å². The highest BCUT2D eigenvalue weighted by molar-refractivity contribution is 5.56. The van der Waals surface area contributed by atoms with Gasteiger partial charge in [0.25, 0.3) is 0 Å². The molecule has 0 aliphatic heterocycles. The average molecular weight is 152 g/mol. The summed E-state index contributed by atoms with van der Waals surface area (Å²) < 4.78 is 0. The van der Waals surface area contributed by atoms with Crippen LogP contribution < -0.4 is 0 Å². The van der Waals surface area contributed by atoms with Crippen LogP contribution in [0, 0.1) is 23.2 Å². The van der Waals surface area contributed by atoms with Gasteiger partial charge in [0.15, 0.2) is 0 Å². The van der Waals surface area contributed by atoms with E-state index in [0.717, 1.165) is 11.8 Å². The molecule has 2 aliphatic carbocycles. The Balaban J connectivity index is 2.29. The highest BCUT2D eigenvalue weighted by Crippen LogP contribution is 2.60. The third kappa shape index (κ3) is 0.743.